The second kappa shape index (κ2) is 6.50. The SMILES string of the molecule is CCCN=c1ncn(Cc2c(Cl)cccc2Cl)c2nc[nH]c12. The Kier molecular flexibility index (Phi) is 4.45. The summed E-state index contributed by atoms with van der Waals surface area (Å²) in [7, 11) is 0. The third-order valence-electron chi connectivity index (χ3n) is 3.31. The Morgan fingerprint density at radius 2 is 2.00 bits per heavy atom. The van der Waals surface area contributed by atoms with Gasteiger partial charge in [0.1, 0.15) is 5.52 Å². The first-order valence-corrected chi connectivity index (χ1v) is 7.78. The van der Waals surface area contributed by atoms with Gasteiger partial charge in [-0.15, -0.1) is 0 Å². The van der Waals surface area contributed by atoms with Gasteiger partial charge in [-0.1, -0.05) is 36.2 Å². The lowest BCUT2D eigenvalue weighted by atomic mass is 10.2. The molecule has 0 aliphatic heterocycles. The van der Waals surface area contributed by atoms with Gasteiger partial charge in [-0.25, -0.2) is 9.97 Å². The number of benzene rings is 1. The zero-order valence-electron chi connectivity index (χ0n) is 12.1. The smallest absolute Gasteiger partial charge is 0.176 e. The number of halogens is 2. The first kappa shape index (κ1) is 15.1. The van der Waals surface area contributed by atoms with E-state index in [1.165, 1.54) is 0 Å². The number of rotatable bonds is 4. The largest absolute Gasteiger partial charge is 0.340 e. The summed E-state index contributed by atoms with van der Waals surface area (Å²) in [6.45, 7) is 3.32. The first-order valence-electron chi connectivity index (χ1n) is 7.02. The van der Waals surface area contributed by atoms with E-state index >= 15 is 0 Å². The molecule has 0 unspecified atom stereocenters. The van der Waals surface area contributed by atoms with Gasteiger partial charge in [0.2, 0.25) is 0 Å². The van der Waals surface area contributed by atoms with Gasteiger partial charge in [-0.3, -0.25) is 4.99 Å². The van der Waals surface area contributed by atoms with Gasteiger partial charge in [-0.05, 0) is 18.6 Å². The zero-order chi connectivity index (χ0) is 15.5. The maximum absolute atomic E-state index is 6.24. The lowest BCUT2D eigenvalue weighted by Gasteiger charge is -2.10. The standard InChI is InChI=1S/C15H15Cl2N5/c1-2-6-18-14-13-15(20-8-19-13)22(9-21-14)7-10-11(16)4-3-5-12(10)17/h3-5,8-9H,2,6-7H2,1H3,(H,19,20). The van der Waals surface area contributed by atoms with Crippen LogP contribution < -0.4 is 5.49 Å². The van der Waals surface area contributed by atoms with Gasteiger partial charge in [0.25, 0.3) is 0 Å². The quantitative estimate of drug-likeness (QED) is 0.794. The van der Waals surface area contributed by atoms with E-state index in [2.05, 4.69) is 26.9 Å². The van der Waals surface area contributed by atoms with Crippen LogP contribution in [0.1, 0.15) is 18.9 Å². The highest BCUT2D eigenvalue weighted by Crippen LogP contribution is 2.25. The highest BCUT2D eigenvalue weighted by molar-refractivity contribution is 6.35. The average Bonchev–Trinajstić information content (AvgIpc) is 3.00. The minimum atomic E-state index is 0.501. The van der Waals surface area contributed by atoms with E-state index in [-0.39, 0.29) is 0 Å². The Balaban J connectivity index is 2.08. The molecule has 0 aliphatic carbocycles. The van der Waals surface area contributed by atoms with Crippen LogP contribution in [0.15, 0.2) is 35.8 Å². The Morgan fingerprint density at radius 3 is 2.73 bits per heavy atom. The normalized spacial score (nSPS) is 12.2. The van der Waals surface area contributed by atoms with Crippen molar-refractivity contribution in [2.75, 3.05) is 6.54 Å². The molecule has 2 aromatic heterocycles. The Hall–Kier alpha value is -1.85. The third kappa shape index (κ3) is 2.87. The first-order chi connectivity index (χ1) is 10.7. The fourth-order valence-electron chi connectivity index (χ4n) is 2.22. The molecular weight excluding hydrogens is 321 g/mol. The summed E-state index contributed by atoms with van der Waals surface area (Å²) >= 11 is 12.5. The number of imidazole rings is 1. The Labute approximate surface area is 137 Å². The van der Waals surface area contributed by atoms with E-state index in [1.54, 1.807) is 12.7 Å². The van der Waals surface area contributed by atoms with E-state index in [0.717, 1.165) is 29.7 Å². The maximum atomic E-state index is 6.24. The topological polar surface area (TPSA) is 58.9 Å². The molecule has 5 nitrogen and oxygen atoms in total. The molecule has 0 saturated carbocycles. The minimum Gasteiger partial charge on any atom is -0.340 e. The van der Waals surface area contributed by atoms with Crippen LogP contribution in [0.2, 0.25) is 10.0 Å². The molecular formula is C15H15Cl2N5. The van der Waals surface area contributed by atoms with Crippen molar-refractivity contribution in [1.82, 2.24) is 19.5 Å². The molecule has 0 spiro atoms. The highest BCUT2D eigenvalue weighted by atomic mass is 35.5. The number of H-pyrrole nitrogens is 1. The summed E-state index contributed by atoms with van der Waals surface area (Å²) in [6.07, 6.45) is 4.33. The number of nitrogens with zero attached hydrogens (tertiary/aromatic N) is 4. The van der Waals surface area contributed by atoms with Crippen molar-refractivity contribution in [3.63, 3.8) is 0 Å². The molecule has 0 fully saturated rings. The molecule has 0 bridgehead atoms. The van der Waals surface area contributed by atoms with Crippen molar-refractivity contribution >= 4 is 34.4 Å². The summed E-state index contributed by atoms with van der Waals surface area (Å²) in [5.74, 6) is 0. The van der Waals surface area contributed by atoms with Gasteiger partial charge in [0.15, 0.2) is 11.1 Å². The Morgan fingerprint density at radius 1 is 1.23 bits per heavy atom. The number of hydrogen-bond donors (Lipinski definition) is 1. The summed E-state index contributed by atoms with van der Waals surface area (Å²) in [4.78, 5) is 16.3. The molecule has 0 aliphatic rings. The second-order valence-corrected chi connectivity index (χ2v) is 5.69. The highest BCUT2D eigenvalue weighted by Gasteiger charge is 2.10. The van der Waals surface area contributed by atoms with Gasteiger partial charge in [-0.2, -0.15) is 0 Å². The van der Waals surface area contributed by atoms with Crippen LogP contribution in [0.25, 0.3) is 11.2 Å². The van der Waals surface area contributed by atoms with E-state index in [1.807, 2.05) is 22.8 Å². The summed E-state index contributed by atoms with van der Waals surface area (Å²) < 4.78 is 1.91. The van der Waals surface area contributed by atoms with E-state index in [4.69, 9.17) is 23.2 Å². The number of fused-ring (bicyclic) bond motifs is 1. The molecule has 1 N–H and O–H groups in total. The minimum absolute atomic E-state index is 0.501. The number of aromatic nitrogens is 4. The van der Waals surface area contributed by atoms with Crippen molar-refractivity contribution < 1.29 is 0 Å². The van der Waals surface area contributed by atoms with Crippen molar-refractivity contribution in [2.45, 2.75) is 19.9 Å². The maximum Gasteiger partial charge on any atom is 0.176 e. The van der Waals surface area contributed by atoms with Crippen LogP contribution >= 0.6 is 23.2 Å². The van der Waals surface area contributed by atoms with E-state index in [9.17, 15) is 0 Å². The fraction of sp³-hybridized carbons (Fsp3) is 0.267. The lowest BCUT2D eigenvalue weighted by Crippen LogP contribution is -2.15. The van der Waals surface area contributed by atoms with Gasteiger partial charge in [0.05, 0.1) is 19.2 Å². The van der Waals surface area contributed by atoms with E-state index < -0.39 is 0 Å². The van der Waals surface area contributed by atoms with Gasteiger partial charge < -0.3 is 9.55 Å². The second-order valence-electron chi connectivity index (χ2n) is 4.88. The molecule has 7 heteroatoms. The van der Waals surface area contributed by atoms with Gasteiger partial charge in [0, 0.05) is 22.2 Å². The van der Waals surface area contributed by atoms with Crippen molar-refractivity contribution in [3.8, 4) is 0 Å². The van der Waals surface area contributed by atoms with E-state index in [0.29, 0.717) is 22.1 Å². The number of aromatic amines is 1. The summed E-state index contributed by atoms with van der Waals surface area (Å²) in [6, 6.07) is 5.47. The van der Waals surface area contributed by atoms with Crippen molar-refractivity contribution in [3.05, 3.63) is 52.0 Å². The molecule has 0 amide bonds. The summed E-state index contributed by atoms with van der Waals surface area (Å²) in [5, 5.41) is 1.26. The molecule has 0 saturated heterocycles. The molecule has 114 valence electrons. The third-order valence-corrected chi connectivity index (χ3v) is 4.02. The van der Waals surface area contributed by atoms with Crippen LogP contribution in [0.4, 0.5) is 0 Å². The van der Waals surface area contributed by atoms with Crippen LogP contribution in [-0.4, -0.2) is 26.1 Å². The molecule has 0 radical (unpaired) electrons. The van der Waals surface area contributed by atoms with Crippen LogP contribution in [0.5, 0.6) is 0 Å². The fourth-order valence-corrected chi connectivity index (χ4v) is 2.74. The summed E-state index contributed by atoms with van der Waals surface area (Å²) in [5.41, 5.74) is 3.12. The molecule has 0 atom stereocenters. The zero-order valence-corrected chi connectivity index (χ0v) is 13.6. The van der Waals surface area contributed by atoms with Crippen molar-refractivity contribution in [2.24, 2.45) is 4.99 Å². The molecule has 22 heavy (non-hydrogen) atoms. The monoisotopic (exact) mass is 335 g/mol. The van der Waals surface area contributed by atoms with Crippen LogP contribution in [-0.2, 0) is 6.54 Å². The lowest BCUT2D eigenvalue weighted by molar-refractivity contribution is 0.780. The number of hydrogen-bond acceptors (Lipinski definition) is 3. The predicted molar refractivity (Wildman–Crippen MR) is 88.2 cm³/mol. The number of nitrogens with one attached hydrogen (secondary N) is 1. The molecule has 3 aromatic rings. The van der Waals surface area contributed by atoms with Crippen molar-refractivity contribution in [1.29, 1.82) is 0 Å². The molecule has 2 heterocycles. The van der Waals surface area contributed by atoms with Gasteiger partial charge >= 0.3 is 0 Å². The predicted octanol–water partition coefficient (Wildman–Crippen LogP) is 3.43. The molecule has 1 aromatic carbocycles. The Bertz CT molecular complexity index is 845. The van der Waals surface area contributed by atoms with Crippen LogP contribution in [0, 0.1) is 0 Å². The molecule has 3 rings (SSSR count). The van der Waals surface area contributed by atoms with Crippen LogP contribution in [0.3, 0.4) is 0 Å². The average molecular weight is 336 g/mol.